The van der Waals surface area contributed by atoms with E-state index in [1.54, 1.807) is 0 Å². The predicted molar refractivity (Wildman–Crippen MR) is 60.1 cm³/mol. The summed E-state index contributed by atoms with van der Waals surface area (Å²) >= 11 is 0. The molecule has 0 aromatic carbocycles. The summed E-state index contributed by atoms with van der Waals surface area (Å²) in [4.78, 5) is 2.17. The predicted octanol–water partition coefficient (Wildman–Crippen LogP) is 1.63. The van der Waals surface area contributed by atoms with Gasteiger partial charge in [-0.2, -0.15) is 8.42 Å². The maximum Gasteiger partial charge on any atom is 0.264 e. The zero-order valence-corrected chi connectivity index (χ0v) is 10.6. The molecule has 0 spiro atoms. The third kappa shape index (κ3) is 17.8. The van der Waals surface area contributed by atoms with Crippen molar-refractivity contribution in [2.45, 2.75) is 39.7 Å². The van der Waals surface area contributed by atoms with E-state index in [-0.39, 0.29) is 5.75 Å². The molecule has 0 bridgehead atoms. The van der Waals surface area contributed by atoms with Crippen LogP contribution >= 0.6 is 0 Å². The van der Waals surface area contributed by atoms with Crippen molar-refractivity contribution in [2.24, 2.45) is 0 Å². The van der Waals surface area contributed by atoms with Crippen molar-refractivity contribution in [3.63, 3.8) is 0 Å². The lowest BCUT2D eigenvalue weighted by Crippen LogP contribution is -2.20. The van der Waals surface area contributed by atoms with Crippen LogP contribution in [-0.2, 0) is 10.1 Å². The lowest BCUT2D eigenvalue weighted by Gasteiger charge is -2.12. The average molecular weight is 225 g/mol. The van der Waals surface area contributed by atoms with Crippen molar-refractivity contribution in [3.05, 3.63) is 0 Å². The van der Waals surface area contributed by atoms with E-state index in [1.807, 2.05) is 6.92 Å². The van der Waals surface area contributed by atoms with E-state index in [0.29, 0.717) is 12.5 Å². The Labute approximate surface area is 88.1 Å². The second-order valence-corrected chi connectivity index (χ2v) is 5.27. The highest BCUT2D eigenvalue weighted by Crippen LogP contribution is 1.90. The fourth-order valence-electron chi connectivity index (χ4n) is 0.327. The van der Waals surface area contributed by atoms with E-state index in [4.69, 9.17) is 4.55 Å². The lowest BCUT2D eigenvalue weighted by atomic mass is 10.4. The molecule has 0 aliphatic heterocycles. The minimum atomic E-state index is -3.69. The van der Waals surface area contributed by atoms with Crippen molar-refractivity contribution in [3.8, 4) is 0 Å². The summed E-state index contributed by atoms with van der Waals surface area (Å²) in [6, 6.07) is 0.685. The Morgan fingerprint density at radius 1 is 1.29 bits per heavy atom. The van der Waals surface area contributed by atoms with Crippen LogP contribution in [0.2, 0.25) is 0 Å². The van der Waals surface area contributed by atoms with E-state index in [2.05, 4.69) is 32.8 Å². The summed E-state index contributed by atoms with van der Waals surface area (Å²) in [7, 11) is 0.462. The average Bonchev–Trinajstić information content (AvgIpc) is 2.00. The minimum Gasteiger partial charge on any atom is -0.307 e. The Kier molecular flexibility index (Phi) is 9.55. The van der Waals surface area contributed by atoms with Gasteiger partial charge in [0.15, 0.2) is 0 Å². The molecule has 1 N–H and O–H groups in total. The first-order chi connectivity index (χ1) is 6.20. The molecule has 0 atom stereocenters. The first-order valence-electron chi connectivity index (χ1n) is 4.82. The third-order valence-corrected chi connectivity index (χ3v) is 2.59. The molecule has 0 fully saturated rings. The zero-order valence-electron chi connectivity index (χ0n) is 9.82. The number of unbranched alkanes of at least 4 members (excludes halogenated alkanes) is 1. The maximum absolute atomic E-state index is 9.95. The Bertz CT molecular complexity index is 204. The van der Waals surface area contributed by atoms with E-state index in [9.17, 15) is 8.42 Å². The Morgan fingerprint density at radius 3 is 1.71 bits per heavy atom. The summed E-state index contributed by atoms with van der Waals surface area (Å²) in [6.45, 7) is 6.20. The molecule has 0 rings (SSSR count). The molecule has 4 nitrogen and oxygen atoms in total. The Hall–Kier alpha value is -0.130. The molecule has 5 heteroatoms. The first kappa shape index (κ1) is 16.3. The molecule has 0 saturated carbocycles. The van der Waals surface area contributed by atoms with Gasteiger partial charge in [0.25, 0.3) is 10.1 Å². The fraction of sp³-hybridized carbons (Fsp3) is 1.00. The topological polar surface area (TPSA) is 57.6 Å². The van der Waals surface area contributed by atoms with Crippen molar-refractivity contribution in [2.75, 3.05) is 19.8 Å². The van der Waals surface area contributed by atoms with E-state index >= 15 is 0 Å². The molecule has 0 unspecified atom stereocenters. The number of hydrogen-bond acceptors (Lipinski definition) is 3. The molecule has 0 radical (unpaired) electrons. The molecule has 0 amide bonds. The summed E-state index contributed by atoms with van der Waals surface area (Å²) < 4.78 is 28.0. The molecule has 88 valence electrons. The largest absolute Gasteiger partial charge is 0.307 e. The number of rotatable bonds is 4. The first-order valence-corrected chi connectivity index (χ1v) is 6.43. The Morgan fingerprint density at radius 2 is 1.64 bits per heavy atom. The van der Waals surface area contributed by atoms with E-state index < -0.39 is 10.1 Å². The monoisotopic (exact) mass is 225 g/mol. The van der Waals surface area contributed by atoms with Gasteiger partial charge >= 0.3 is 0 Å². The molecular weight excluding hydrogens is 202 g/mol. The van der Waals surface area contributed by atoms with Crippen LogP contribution in [0.25, 0.3) is 0 Å². The molecule has 0 aromatic heterocycles. The molecule has 0 heterocycles. The summed E-state index contributed by atoms with van der Waals surface area (Å²) in [5.74, 6) is -0.108. The normalized spacial score (nSPS) is 11.4. The van der Waals surface area contributed by atoms with Crippen LogP contribution in [0, 0.1) is 0 Å². The fourth-order valence-corrected chi connectivity index (χ4v) is 0.980. The summed E-state index contributed by atoms with van der Waals surface area (Å²) in [5.41, 5.74) is 0. The molecular formula is C9H23NO3S. The third-order valence-electron chi connectivity index (χ3n) is 1.79. The van der Waals surface area contributed by atoms with Gasteiger partial charge in [0.1, 0.15) is 0 Å². The van der Waals surface area contributed by atoms with Crippen LogP contribution in [-0.4, -0.2) is 43.8 Å². The molecule has 0 aliphatic rings. The van der Waals surface area contributed by atoms with Gasteiger partial charge in [-0.15, -0.1) is 0 Å². The highest BCUT2D eigenvalue weighted by Gasteiger charge is 2.00. The number of nitrogens with zero attached hydrogens (tertiary/aromatic N) is 1. The SMILES string of the molecule is CC(C)N(C)C.CCCCS(=O)(=O)O. The van der Waals surface area contributed by atoms with Crippen molar-refractivity contribution in [1.29, 1.82) is 0 Å². The van der Waals surface area contributed by atoms with Crippen molar-refractivity contribution in [1.82, 2.24) is 4.90 Å². The van der Waals surface area contributed by atoms with Crippen LogP contribution in [0.4, 0.5) is 0 Å². The van der Waals surface area contributed by atoms with Crippen LogP contribution in [0.1, 0.15) is 33.6 Å². The van der Waals surface area contributed by atoms with E-state index in [1.165, 1.54) is 0 Å². The molecule has 0 aliphatic carbocycles. The van der Waals surface area contributed by atoms with Crippen molar-refractivity contribution >= 4 is 10.1 Å². The smallest absolute Gasteiger partial charge is 0.264 e. The van der Waals surface area contributed by atoms with Crippen LogP contribution in [0.5, 0.6) is 0 Å². The highest BCUT2D eigenvalue weighted by atomic mass is 32.2. The van der Waals surface area contributed by atoms with Crippen molar-refractivity contribution < 1.29 is 13.0 Å². The summed E-state index contributed by atoms with van der Waals surface area (Å²) in [6.07, 6.45) is 1.33. The van der Waals surface area contributed by atoms with E-state index in [0.717, 1.165) is 6.42 Å². The highest BCUT2D eigenvalue weighted by molar-refractivity contribution is 7.85. The second kappa shape index (κ2) is 8.20. The second-order valence-electron chi connectivity index (χ2n) is 3.70. The molecule has 0 saturated heterocycles. The van der Waals surface area contributed by atoms with Gasteiger partial charge in [0.05, 0.1) is 5.75 Å². The van der Waals surface area contributed by atoms with Gasteiger partial charge in [-0.25, -0.2) is 0 Å². The minimum absolute atomic E-state index is 0.108. The van der Waals surface area contributed by atoms with Gasteiger partial charge in [-0.1, -0.05) is 13.3 Å². The Balaban J connectivity index is 0. The van der Waals surface area contributed by atoms with Crippen LogP contribution in [0.3, 0.4) is 0 Å². The maximum atomic E-state index is 9.95. The molecule has 14 heavy (non-hydrogen) atoms. The van der Waals surface area contributed by atoms with Gasteiger partial charge in [0, 0.05) is 6.04 Å². The lowest BCUT2D eigenvalue weighted by molar-refractivity contribution is 0.335. The van der Waals surface area contributed by atoms with Gasteiger partial charge < -0.3 is 4.90 Å². The van der Waals surface area contributed by atoms with Gasteiger partial charge in [-0.3, -0.25) is 4.55 Å². The number of hydrogen-bond donors (Lipinski definition) is 1. The van der Waals surface area contributed by atoms with Gasteiger partial charge in [0.2, 0.25) is 0 Å². The molecule has 0 aromatic rings. The standard InChI is InChI=1S/C5H13N.C4H10O3S/c1-5(2)6(3)4;1-2-3-4-8(5,6)7/h5H,1-4H3;2-4H2,1H3,(H,5,6,7). The van der Waals surface area contributed by atoms with Crippen LogP contribution < -0.4 is 0 Å². The summed E-state index contributed by atoms with van der Waals surface area (Å²) in [5, 5.41) is 0. The quantitative estimate of drug-likeness (QED) is 0.739. The van der Waals surface area contributed by atoms with Crippen LogP contribution in [0.15, 0.2) is 0 Å². The zero-order chi connectivity index (χ0) is 11.8. The van der Waals surface area contributed by atoms with Gasteiger partial charge in [-0.05, 0) is 34.4 Å².